The van der Waals surface area contributed by atoms with Crippen molar-refractivity contribution in [2.75, 3.05) is 5.32 Å². The van der Waals surface area contributed by atoms with E-state index in [9.17, 15) is 4.79 Å². The Morgan fingerprint density at radius 2 is 2.44 bits per heavy atom. The van der Waals surface area contributed by atoms with Gasteiger partial charge in [0.15, 0.2) is 0 Å². The third-order valence-corrected chi connectivity index (χ3v) is 2.21. The van der Waals surface area contributed by atoms with Crippen LogP contribution in [0.4, 0.5) is 5.69 Å². The van der Waals surface area contributed by atoms with E-state index in [-0.39, 0.29) is 11.7 Å². The first-order valence-electron chi connectivity index (χ1n) is 5.06. The van der Waals surface area contributed by atoms with Gasteiger partial charge in [-0.2, -0.15) is 0 Å². The van der Waals surface area contributed by atoms with Gasteiger partial charge in [-0.1, -0.05) is 6.92 Å². The molecule has 0 amide bonds. The van der Waals surface area contributed by atoms with E-state index in [4.69, 9.17) is 11.5 Å². The van der Waals surface area contributed by atoms with Crippen molar-refractivity contribution in [2.45, 2.75) is 25.8 Å². The van der Waals surface area contributed by atoms with Gasteiger partial charge in [0, 0.05) is 12.5 Å². The van der Waals surface area contributed by atoms with Crippen molar-refractivity contribution >= 4 is 11.7 Å². The van der Waals surface area contributed by atoms with E-state index in [0.29, 0.717) is 6.42 Å². The van der Waals surface area contributed by atoms with Crippen LogP contribution >= 0.6 is 0 Å². The molecule has 1 rings (SSSR count). The zero-order chi connectivity index (χ0) is 12.0. The van der Waals surface area contributed by atoms with Gasteiger partial charge in [-0.3, -0.25) is 0 Å². The van der Waals surface area contributed by atoms with Crippen LogP contribution < -0.4 is 5.32 Å². The van der Waals surface area contributed by atoms with Gasteiger partial charge >= 0.3 is 5.97 Å². The first kappa shape index (κ1) is 12.1. The molecule has 0 saturated heterocycles. The molecule has 1 atom stereocenters. The number of aromatic carboxylic acids is 1. The van der Waals surface area contributed by atoms with Crippen LogP contribution in [0, 0.1) is 12.3 Å². The maximum atomic E-state index is 10.6. The van der Waals surface area contributed by atoms with Crippen molar-refractivity contribution in [2.24, 2.45) is 0 Å². The molecular weight excluding hydrogens is 204 g/mol. The van der Waals surface area contributed by atoms with Gasteiger partial charge in [-0.05, 0) is 18.6 Å². The van der Waals surface area contributed by atoms with Crippen molar-refractivity contribution in [1.29, 1.82) is 0 Å². The lowest BCUT2D eigenvalue weighted by molar-refractivity contribution is 0.0690. The summed E-state index contributed by atoms with van der Waals surface area (Å²) in [6, 6.07) is 3.35. The lowest BCUT2D eigenvalue weighted by atomic mass is 10.1. The molecule has 0 aliphatic heterocycles. The first-order valence-corrected chi connectivity index (χ1v) is 5.06. The molecule has 0 spiro atoms. The maximum absolute atomic E-state index is 10.6. The van der Waals surface area contributed by atoms with Crippen molar-refractivity contribution in [3.8, 4) is 12.3 Å². The standard InChI is InChI=1S/C12H14N2O2/c1-3-5-9(4-2)14-10-6-7-11(12(15)16)13-8-10/h1,6-9,14H,4-5H2,2H3,(H,15,16). The number of nitrogens with zero attached hydrogens (tertiary/aromatic N) is 1. The van der Waals surface area contributed by atoms with Crippen molar-refractivity contribution in [3.63, 3.8) is 0 Å². The quantitative estimate of drug-likeness (QED) is 0.742. The topological polar surface area (TPSA) is 62.2 Å². The van der Waals surface area contributed by atoms with Crippen LogP contribution in [0.2, 0.25) is 0 Å². The molecule has 0 aliphatic carbocycles. The Balaban J connectivity index is 2.68. The fourth-order valence-corrected chi connectivity index (χ4v) is 1.28. The Hall–Kier alpha value is -2.02. The third-order valence-electron chi connectivity index (χ3n) is 2.21. The van der Waals surface area contributed by atoms with Crippen molar-refractivity contribution < 1.29 is 9.90 Å². The summed E-state index contributed by atoms with van der Waals surface area (Å²) in [7, 11) is 0. The highest BCUT2D eigenvalue weighted by Crippen LogP contribution is 2.10. The zero-order valence-corrected chi connectivity index (χ0v) is 9.10. The van der Waals surface area contributed by atoms with Crippen LogP contribution in [0.1, 0.15) is 30.3 Å². The molecule has 0 fully saturated rings. The molecule has 4 heteroatoms. The number of carboxylic acids is 1. The average molecular weight is 218 g/mol. The largest absolute Gasteiger partial charge is 0.477 e. The predicted molar refractivity (Wildman–Crippen MR) is 62.3 cm³/mol. The van der Waals surface area contributed by atoms with Gasteiger partial charge in [0.2, 0.25) is 0 Å². The van der Waals surface area contributed by atoms with Gasteiger partial charge < -0.3 is 10.4 Å². The number of hydrogen-bond donors (Lipinski definition) is 2. The molecule has 0 radical (unpaired) electrons. The van der Waals surface area contributed by atoms with E-state index in [0.717, 1.165) is 12.1 Å². The minimum absolute atomic E-state index is 0.0375. The zero-order valence-electron chi connectivity index (χ0n) is 9.10. The summed E-state index contributed by atoms with van der Waals surface area (Å²) in [5.74, 6) is 1.57. The van der Waals surface area contributed by atoms with Crippen molar-refractivity contribution in [3.05, 3.63) is 24.0 Å². The Morgan fingerprint density at radius 3 is 2.88 bits per heavy atom. The highest BCUT2D eigenvalue weighted by atomic mass is 16.4. The van der Waals surface area contributed by atoms with Crippen LogP contribution in [-0.2, 0) is 0 Å². The van der Waals surface area contributed by atoms with E-state index in [1.165, 1.54) is 12.3 Å². The fraction of sp³-hybridized carbons (Fsp3) is 0.333. The monoisotopic (exact) mass is 218 g/mol. The van der Waals surface area contributed by atoms with Gasteiger partial charge in [-0.25, -0.2) is 9.78 Å². The summed E-state index contributed by atoms with van der Waals surface area (Å²) in [6.07, 6.45) is 8.29. The SMILES string of the molecule is C#CCC(CC)Nc1ccc(C(=O)O)nc1. The summed E-state index contributed by atoms with van der Waals surface area (Å²) in [5, 5.41) is 11.9. The molecule has 1 aromatic rings. The summed E-state index contributed by atoms with van der Waals surface area (Å²) in [5.41, 5.74) is 0.822. The van der Waals surface area contributed by atoms with E-state index in [1.807, 2.05) is 6.92 Å². The number of anilines is 1. The smallest absolute Gasteiger partial charge is 0.354 e. The second kappa shape index (κ2) is 5.76. The Bertz CT molecular complexity index is 392. The number of carbonyl (C=O) groups is 1. The lowest BCUT2D eigenvalue weighted by Crippen LogP contribution is -2.17. The van der Waals surface area contributed by atoms with Crippen LogP contribution in [-0.4, -0.2) is 22.1 Å². The molecule has 0 aliphatic rings. The van der Waals surface area contributed by atoms with E-state index < -0.39 is 5.97 Å². The van der Waals surface area contributed by atoms with Gasteiger partial charge in [0.05, 0.1) is 11.9 Å². The normalized spacial score (nSPS) is 11.5. The lowest BCUT2D eigenvalue weighted by Gasteiger charge is -2.15. The molecule has 84 valence electrons. The van der Waals surface area contributed by atoms with Crippen LogP contribution in [0.15, 0.2) is 18.3 Å². The average Bonchev–Trinajstić information content (AvgIpc) is 2.29. The third kappa shape index (κ3) is 3.28. The Morgan fingerprint density at radius 1 is 1.69 bits per heavy atom. The fourth-order valence-electron chi connectivity index (χ4n) is 1.28. The van der Waals surface area contributed by atoms with Crippen molar-refractivity contribution in [1.82, 2.24) is 4.98 Å². The number of aromatic nitrogens is 1. The number of nitrogens with one attached hydrogen (secondary N) is 1. The maximum Gasteiger partial charge on any atom is 0.354 e. The minimum atomic E-state index is -1.03. The number of pyridine rings is 1. The number of hydrogen-bond acceptors (Lipinski definition) is 3. The molecule has 2 N–H and O–H groups in total. The highest BCUT2D eigenvalue weighted by Gasteiger charge is 2.06. The summed E-state index contributed by atoms with van der Waals surface area (Å²) >= 11 is 0. The van der Waals surface area contributed by atoms with E-state index in [2.05, 4.69) is 16.2 Å². The van der Waals surface area contributed by atoms with Crippen LogP contribution in [0.25, 0.3) is 0 Å². The van der Waals surface area contributed by atoms with Gasteiger partial charge in [-0.15, -0.1) is 12.3 Å². The molecule has 0 saturated carbocycles. The molecular formula is C12H14N2O2. The minimum Gasteiger partial charge on any atom is -0.477 e. The summed E-state index contributed by atoms with van der Waals surface area (Å²) in [6.45, 7) is 2.04. The van der Waals surface area contributed by atoms with Gasteiger partial charge in [0.1, 0.15) is 5.69 Å². The molecule has 0 aromatic carbocycles. The van der Waals surface area contributed by atoms with Crippen LogP contribution in [0.3, 0.4) is 0 Å². The molecule has 1 aromatic heterocycles. The first-order chi connectivity index (χ1) is 7.67. The van der Waals surface area contributed by atoms with Crippen LogP contribution in [0.5, 0.6) is 0 Å². The Kier molecular flexibility index (Phi) is 4.34. The molecule has 4 nitrogen and oxygen atoms in total. The van der Waals surface area contributed by atoms with Gasteiger partial charge in [0.25, 0.3) is 0 Å². The second-order valence-corrected chi connectivity index (χ2v) is 3.40. The molecule has 16 heavy (non-hydrogen) atoms. The summed E-state index contributed by atoms with van der Waals surface area (Å²) in [4.78, 5) is 14.4. The van der Waals surface area contributed by atoms with E-state index in [1.54, 1.807) is 6.07 Å². The highest BCUT2D eigenvalue weighted by molar-refractivity contribution is 5.85. The number of carboxylic acid groups (broad SMARTS) is 1. The number of terminal acetylenes is 1. The summed E-state index contributed by atoms with van der Waals surface area (Å²) < 4.78 is 0. The second-order valence-electron chi connectivity index (χ2n) is 3.40. The van der Waals surface area contributed by atoms with E-state index >= 15 is 0 Å². The molecule has 1 unspecified atom stereocenters. The Labute approximate surface area is 94.7 Å². The molecule has 0 bridgehead atoms. The molecule has 1 heterocycles. The predicted octanol–water partition coefficient (Wildman–Crippen LogP) is 1.99. The number of rotatable bonds is 5.